The highest BCUT2D eigenvalue weighted by Crippen LogP contribution is 2.26. The number of guanidine groups is 1. The fraction of sp³-hybridized carbons (Fsp3) is 0.789. The highest BCUT2D eigenvalue weighted by molar-refractivity contribution is 5.79. The van der Waals surface area contributed by atoms with E-state index in [0.717, 1.165) is 43.8 Å². The van der Waals surface area contributed by atoms with Gasteiger partial charge in [-0.15, -0.1) is 0 Å². The second-order valence-electron chi connectivity index (χ2n) is 7.79. The number of hydrogen-bond donors (Lipinski definition) is 2. The first kappa shape index (κ1) is 16.9. The van der Waals surface area contributed by atoms with E-state index in [1.807, 2.05) is 7.05 Å². The topological polar surface area (TPSA) is 57.5 Å². The molecule has 4 rings (SSSR count). The molecular weight excluding hydrogens is 312 g/mol. The normalized spacial score (nSPS) is 25.3. The van der Waals surface area contributed by atoms with E-state index in [-0.39, 0.29) is 0 Å². The lowest BCUT2D eigenvalue weighted by Gasteiger charge is -2.24. The van der Waals surface area contributed by atoms with Crippen LogP contribution in [-0.2, 0) is 19.5 Å². The average molecular weight is 345 g/mol. The summed E-state index contributed by atoms with van der Waals surface area (Å²) in [5.41, 5.74) is 1.12. The Morgan fingerprint density at radius 2 is 2.08 bits per heavy atom. The Labute approximate surface area is 151 Å². The van der Waals surface area contributed by atoms with Crippen molar-refractivity contribution in [1.82, 2.24) is 25.1 Å². The predicted octanol–water partition coefficient (Wildman–Crippen LogP) is 1.90. The second-order valence-corrected chi connectivity index (χ2v) is 7.79. The van der Waals surface area contributed by atoms with E-state index < -0.39 is 0 Å². The lowest BCUT2D eigenvalue weighted by atomic mass is 10.2. The second kappa shape index (κ2) is 7.77. The van der Waals surface area contributed by atoms with Crippen LogP contribution in [0.5, 0.6) is 0 Å². The largest absolute Gasteiger partial charge is 0.352 e. The first-order valence-electron chi connectivity index (χ1n) is 10.1. The van der Waals surface area contributed by atoms with E-state index >= 15 is 0 Å². The van der Waals surface area contributed by atoms with E-state index in [2.05, 4.69) is 31.3 Å². The van der Waals surface area contributed by atoms with Gasteiger partial charge in [-0.2, -0.15) is 0 Å². The minimum Gasteiger partial charge on any atom is -0.352 e. The van der Waals surface area contributed by atoms with Crippen LogP contribution < -0.4 is 10.6 Å². The fourth-order valence-electron chi connectivity index (χ4n) is 4.63. The minimum atomic E-state index is 0.516. The Bertz CT molecular complexity index is 578. The smallest absolute Gasteiger partial charge is 0.191 e. The number of nitrogens with one attached hydrogen (secondary N) is 2. The molecule has 6 heteroatoms. The van der Waals surface area contributed by atoms with E-state index in [0.29, 0.717) is 6.04 Å². The van der Waals surface area contributed by atoms with Crippen molar-refractivity contribution in [3.05, 3.63) is 17.7 Å². The standard InChI is InChI=1S/C19H32N6/c1-20-19(21-12-16-14-25-10-5-4-8-18(25)22-16)23-15-9-11-24(13-15)17-6-2-3-7-17/h14-15,17H,2-13H2,1H3,(H2,20,21,23). The molecule has 1 unspecified atom stereocenters. The first-order chi connectivity index (χ1) is 12.3. The van der Waals surface area contributed by atoms with E-state index in [1.54, 1.807) is 0 Å². The Kier molecular flexibility index (Phi) is 5.25. The zero-order valence-corrected chi connectivity index (χ0v) is 15.5. The van der Waals surface area contributed by atoms with Crippen LogP contribution in [0.15, 0.2) is 11.2 Å². The van der Waals surface area contributed by atoms with Gasteiger partial charge in [0.05, 0.1) is 12.2 Å². The molecule has 2 aliphatic heterocycles. The summed E-state index contributed by atoms with van der Waals surface area (Å²) < 4.78 is 2.31. The predicted molar refractivity (Wildman–Crippen MR) is 101 cm³/mol. The van der Waals surface area contributed by atoms with Crippen molar-refractivity contribution in [2.75, 3.05) is 20.1 Å². The quantitative estimate of drug-likeness (QED) is 0.647. The molecule has 0 bridgehead atoms. The van der Waals surface area contributed by atoms with Crippen LogP contribution in [0, 0.1) is 0 Å². The molecule has 3 heterocycles. The molecule has 2 fully saturated rings. The summed E-state index contributed by atoms with van der Waals surface area (Å²) in [6, 6.07) is 1.35. The molecule has 1 saturated heterocycles. The van der Waals surface area contributed by atoms with Gasteiger partial charge in [0, 0.05) is 51.4 Å². The van der Waals surface area contributed by atoms with Crippen molar-refractivity contribution in [3.63, 3.8) is 0 Å². The van der Waals surface area contributed by atoms with Gasteiger partial charge in [-0.1, -0.05) is 12.8 Å². The van der Waals surface area contributed by atoms with Gasteiger partial charge < -0.3 is 15.2 Å². The monoisotopic (exact) mass is 344 g/mol. The Morgan fingerprint density at radius 3 is 2.88 bits per heavy atom. The number of aliphatic imine (C=N–C) groups is 1. The number of aromatic nitrogens is 2. The number of imidazole rings is 1. The number of nitrogens with zero attached hydrogens (tertiary/aromatic N) is 4. The van der Waals surface area contributed by atoms with Gasteiger partial charge in [-0.25, -0.2) is 4.98 Å². The van der Waals surface area contributed by atoms with Crippen LogP contribution in [0.1, 0.15) is 56.5 Å². The molecule has 0 spiro atoms. The Hall–Kier alpha value is -1.56. The molecule has 3 aliphatic rings. The molecule has 25 heavy (non-hydrogen) atoms. The van der Waals surface area contributed by atoms with Crippen molar-refractivity contribution in [3.8, 4) is 0 Å². The minimum absolute atomic E-state index is 0.516. The third kappa shape index (κ3) is 4.00. The van der Waals surface area contributed by atoms with Crippen LogP contribution >= 0.6 is 0 Å². The molecule has 1 saturated carbocycles. The van der Waals surface area contributed by atoms with Gasteiger partial charge in [-0.3, -0.25) is 9.89 Å². The number of rotatable bonds is 4. The number of fused-ring (bicyclic) bond motifs is 1. The zero-order chi connectivity index (χ0) is 17.1. The third-order valence-corrected chi connectivity index (χ3v) is 6.02. The summed E-state index contributed by atoms with van der Waals surface area (Å²) in [5.74, 6) is 2.15. The van der Waals surface area contributed by atoms with Crippen LogP contribution in [0.2, 0.25) is 0 Å². The molecule has 1 aliphatic carbocycles. The SMILES string of the molecule is CN=C(NCc1cn2c(n1)CCCC2)NC1CCN(C2CCCC2)C1. The summed E-state index contributed by atoms with van der Waals surface area (Å²) in [4.78, 5) is 11.9. The van der Waals surface area contributed by atoms with Crippen molar-refractivity contribution in [2.24, 2.45) is 4.99 Å². The first-order valence-corrected chi connectivity index (χ1v) is 10.1. The maximum atomic E-state index is 4.76. The molecule has 0 radical (unpaired) electrons. The third-order valence-electron chi connectivity index (χ3n) is 6.02. The van der Waals surface area contributed by atoms with Gasteiger partial charge >= 0.3 is 0 Å². The van der Waals surface area contributed by atoms with E-state index in [1.165, 1.54) is 57.3 Å². The average Bonchev–Trinajstić information content (AvgIpc) is 3.38. The van der Waals surface area contributed by atoms with Crippen molar-refractivity contribution in [2.45, 2.75) is 76.5 Å². The van der Waals surface area contributed by atoms with Gasteiger partial charge in [0.1, 0.15) is 5.82 Å². The highest BCUT2D eigenvalue weighted by Gasteiger charge is 2.30. The molecule has 0 amide bonds. The van der Waals surface area contributed by atoms with Crippen LogP contribution in [0.4, 0.5) is 0 Å². The maximum Gasteiger partial charge on any atom is 0.191 e. The van der Waals surface area contributed by atoms with Crippen LogP contribution in [0.3, 0.4) is 0 Å². The molecule has 1 aromatic rings. The van der Waals surface area contributed by atoms with Crippen molar-refractivity contribution < 1.29 is 0 Å². The van der Waals surface area contributed by atoms with Gasteiger partial charge in [0.2, 0.25) is 0 Å². The summed E-state index contributed by atoms with van der Waals surface area (Å²) in [6.45, 7) is 4.25. The Balaban J connectivity index is 1.26. The van der Waals surface area contributed by atoms with Gasteiger partial charge in [0.15, 0.2) is 5.96 Å². The summed E-state index contributed by atoms with van der Waals surface area (Å²) in [6.07, 6.45) is 12.7. The zero-order valence-electron chi connectivity index (χ0n) is 15.5. The van der Waals surface area contributed by atoms with Gasteiger partial charge in [-0.05, 0) is 32.1 Å². The summed E-state index contributed by atoms with van der Waals surface area (Å²) in [5, 5.41) is 7.06. The number of likely N-dealkylation sites (tertiary alicyclic amines) is 1. The van der Waals surface area contributed by atoms with E-state index in [9.17, 15) is 0 Å². The molecule has 6 nitrogen and oxygen atoms in total. The fourth-order valence-corrected chi connectivity index (χ4v) is 4.63. The lowest BCUT2D eigenvalue weighted by molar-refractivity contribution is 0.242. The van der Waals surface area contributed by atoms with Crippen molar-refractivity contribution in [1.29, 1.82) is 0 Å². The van der Waals surface area contributed by atoms with Gasteiger partial charge in [0.25, 0.3) is 0 Å². The van der Waals surface area contributed by atoms with Crippen molar-refractivity contribution >= 4 is 5.96 Å². The highest BCUT2D eigenvalue weighted by atomic mass is 15.3. The van der Waals surface area contributed by atoms with E-state index in [4.69, 9.17) is 4.98 Å². The number of aryl methyl sites for hydroxylation is 2. The maximum absolute atomic E-state index is 4.76. The molecular formula is C19H32N6. The summed E-state index contributed by atoms with van der Waals surface area (Å²) in [7, 11) is 1.86. The molecule has 1 atom stereocenters. The molecule has 1 aromatic heterocycles. The number of hydrogen-bond acceptors (Lipinski definition) is 3. The Morgan fingerprint density at radius 1 is 1.20 bits per heavy atom. The molecule has 0 aromatic carbocycles. The molecule has 138 valence electrons. The lowest BCUT2D eigenvalue weighted by Crippen LogP contribution is -2.45. The van der Waals surface area contributed by atoms with Crippen LogP contribution in [-0.4, -0.2) is 52.6 Å². The summed E-state index contributed by atoms with van der Waals surface area (Å²) >= 11 is 0. The van der Waals surface area contributed by atoms with Crippen LogP contribution in [0.25, 0.3) is 0 Å². The molecule has 2 N–H and O–H groups in total.